The maximum atomic E-state index is 10.6. The van der Waals surface area contributed by atoms with E-state index in [0.717, 1.165) is 5.75 Å². The highest BCUT2D eigenvalue weighted by atomic mass is 127. The molecule has 0 aromatic heterocycles. The summed E-state index contributed by atoms with van der Waals surface area (Å²) in [5.41, 5.74) is 0.798. The van der Waals surface area contributed by atoms with Crippen LogP contribution in [0.1, 0.15) is 17.3 Å². The van der Waals surface area contributed by atoms with Crippen LogP contribution in [0.4, 0.5) is 0 Å². The fourth-order valence-corrected chi connectivity index (χ4v) is 1.78. The lowest BCUT2D eigenvalue weighted by Gasteiger charge is -2.15. The molecule has 1 aromatic rings. The first-order valence-corrected chi connectivity index (χ1v) is 9.50. The molecule has 1 N–H and O–H groups in total. The van der Waals surface area contributed by atoms with Crippen molar-refractivity contribution < 1.29 is 14.6 Å². The first kappa shape index (κ1) is 13.8. The molecule has 0 radical (unpaired) electrons. The Morgan fingerprint density at radius 2 is 2.12 bits per heavy atom. The molecule has 0 aliphatic carbocycles. The monoisotopic (exact) mass is 350 g/mol. The average Bonchev–Trinajstić information content (AvgIpc) is 2.26. The molecule has 0 bridgehead atoms. The Balaban J connectivity index is 2.53. The molecule has 6 heteroatoms. The van der Waals surface area contributed by atoms with E-state index in [4.69, 9.17) is 9.84 Å². The molecular weight excluding hydrogens is 337 g/mol. The molecule has 0 heterocycles. The van der Waals surface area contributed by atoms with E-state index < -0.39 is 5.97 Å². The van der Waals surface area contributed by atoms with Crippen LogP contribution in [0.2, 0.25) is 0 Å². The number of rotatable bonds is 5. The van der Waals surface area contributed by atoms with E-state index in [1.54, 1.807) is 24.3 Å². The van der Waals surface area contributed by atoms with Gasteiger partial charge < -0.3 is 9.84 Å². The maximum absolute atomic E-state index is 10.6. The van der Waals surface area contributed by atoms with E-state index in [1.807, 2.05) is 0 Å². The van der Waals surface area contributed by atoms with Crippen LogP contribution in [0.15, 0.2) is 24.3 Å². The summed E-state index contributed by atoms with van der Waals surface area (Å²) in [5.74, 6) is -0.186. The van der Waals surface area contributed by atoms with Crippen LogP contribution in [-0.4, -0.2) is 30.9 Å². The molecule has 0 amide bonds. The van der Waals surface area contributed by atoms with Crippen LogP contribution < -0.4 is 4.74 Å². The summed E-state index contributed by atoms with van der Waals surface area (Å²) in [6.45, 7) is 2.83. The number of halogens is 1. The SMILES string of the molecule is BP(I)C(C)COc1ccc(C(=O)O)cc1. The predicted molar refractivity (Wildman–Crippen MR) is 77.8 cm³/mol. The lowest BCUT2D eigenvalue weighted by molar-refractivity contribution is 0.0697. The Bertz CT molecular complexity index is 356. The zero-order chi connectivity index (χ0) is 12.1. The summed E-state index contributed by atoms with van der Waals surface area (Å²) in [7, 11) is 2.21. The minimum absolute atomic E-state index is 0.0236. The van der Waals surface area contributed by atoms with E-state index in [0.29, 0.717) is 12.3 Å². The highest BCUT2D eigenvalue weighted by Crippen LogP contribution is 2.44. The molecule has 86 valence electrons. The number of hydrogen-bond donors (Lipinski definition) is 1. The Labute approximate surface area is 110 Å². The summed E-state index contributed by atoms with van der Waals surface area (Å²) < 4.78 is 5.58. The number of aromatic carboxylic acids is 1. The Morgan fingerprint density at radius 3 is 2.56 bits per heavy atom. The molecule has 2 atom stereocenters. The second-order valence-corrected chi connectivity index (χ2v) is 10.0. The van der Waals surface area contributed by atoms with Crippen LogP contribution in [0, 0.1) is 0 Å². The molecule has 0 fully saturated rings. The topological polar surface area (TPSA) is 46.5 Å². The maximum Gasteiger partial charge on any atom is 0.335 e. The molecule has 0 spiro atoms. The van der Waals surface area contributed by atoms with Gasteiger partial charge in [0.2, 0.25) is 0 Å². The summed E-state index contributed by atoms with van der Waals surface area (Å²) in [6.07, 6.45) is 0. The van der Waals surface area contributed by atoms with Crippen molar-refractivity contribution >= 4 is 41.0 Å². The van der Waals surface area contributed by atoms with E-state index in [2.05, 4.69) is 36.5 Å². The van der Waals surface area contributed by atoms with Gasteiger partial charge in [-0.15, -0.1) is 0 Å². The summed E-state index contributed by atoms with van der Waals surface area (Å²) in [4.78, 5) is 10.6. The van der Waals surface area contributed by atoms with Crippen molar-refractivity contribution in [2.45, 2.75) is 12.6 Å². The fourth-order valence-electron chi connectivity index (χ4n) is 1.01. The minimum Gasteiger partial charge on any atom is -0.493 e. The fraction of sp³-hybridized carbons (Fsp3) is 0.300. The number of carbonyl (C=O) groups is 1. The molecule has 0 aliphatic rings. The predicted octanol–water partition coefficient (Wildman–Crippen LogP) is 2.53. The van der Waals surface area contributed by atoms with E-state index in [1.165, 1.54) is 0 Å². The molecule has 0 aliphatic heterocycles. The van der Waals surface area contributed by atoms with E-state index in [-0.39, 0.29) is 11.0 Å². The second kappa shape index (κ2) is 6.45. The van der Waals surface area contributed by atoms with Gasteiger partial charge in [0.25, 0.3) is 0 Å². The molecule has 0 saturated heterocycles. The standard InChI is InChI=1S/C10H13BIO3P/c1-7(16(11)12)6-15-9-4-2-8(3-5-9)10(13)14/h2-5,7H,6,11H2,1H3,(H,13,14). The van der Waals surface area contributed by atoms with E-state index in [9.17, 15) is 4.79 Å². The van der Waals surface area contributed by atoms with Crippen LogP contribution in [0.5, 0.6) is 5.75 Å². The molecule has 1 rings (SSSR count). The summed E-state index contributed by atoms with van der Waals surface area (Å²) in [5, 5.41) is 8.73. The highest BCUT2D eigenvalue weighted by Gasteiger charge is 2.09. The number of carboxylic acids is 1. The number of ether oxygens (including phenoxy) is 1. The van der Waals surface area contributed by atoms with Gasteiger partial charge >= 0.3 is 5.97 Å². The Kier molecular flexibility index (Phi) is 5.55. The molecule has 3 nitrogen and oxygen atoms in total. The van der Waals surface area contributed by atoms with Gasteiger partial charge in [0.15, 0.2) is 0 Å². The van der Waals surface area contributed by atoms with Crippen molar-refractivity contribution in [2.24, 2.45) is 0 Å². The van der Waals surface area contributed by atoms with Crippen molar-refractivity contribution in [3.8, 4) is 5.75 Å². The second-order valence-electron chi connectivity index (χ2n) is 3.51. The molecular formula is C10H13BIO3P. The van der Waals surface area contributed by atoms with Crippen LogP contribution in [0.25, 0.3) is 0 Å². The van der Waals surface area contributed by atoms with Crippen LogP contribution >= 0.6 is 27.5 Å². The quantitative estimate of drug-likeness (QED) is 0.505. The number of carboxylic acid groups (broad SMARTS) is 1. The first-order valence-electron chi connectivity index (χ1n) is 4.85. The molecule has 16 heavy (non-hydrogen) atoms. The summed E-state index contributed by atoms with van der Waals surface area (Å²) in [6, 6.07) is 6.50. The highest BCUT2D eigenvalue weighted by molar-refractivity contribution is 14.2. The lowest BCUT2D eigenvalue weighted by Crippen LogP contribution is -2.10. The number of benzene rings is 1. The third kappa shape index (κ3) is 4.30. The van der Waals surface area contributed by atoms with Gasteiger partial charge in [-0.3, -0.25) is 0 Å². The zero-order valence-electron chi connectivity index (χ0n) is 9.18. The lowest BCUT2D eigenvalue weighted by atomic mass is 10.2. The van der Waals surface area contributed by atoms with Crippen LogP contribution in [-0.2, 0) is 0 Å². The Hall–Kier alpha value is -0.285. The average molecular weight is 350 g/mol. The largest absolute Gasteiger partial charge is 0.493 e. The van der Waals surface area contributed by atoms with Gasteiger partial charge in [0, 0.05) is 5.66 Å². The summed E-state index contributed by atoms with van der Waals surface area (Å²) >= 11 is 2.43. The minimum atomic E-state index is -0.913. The van der Waals surface area contributed by atoms with Crippen molar-refractivity contribution in [2.75, 3.05) is 6.61 Å². The van der Waals surface area contributed by atoms with Crippen molar-refractivity contribution in [1.29, 1.82) is 0 Å². The van der Waals surface area contributed by atoms with Crippen molar-refractivity contribution in [3.05, 3.63) is 29.8 Å². The van der Waals surface area contributed by atoms with Gasteiger partial charge in [-0.2, -0.15) is 0 Å². The van der Waals surface area contributed by atoms with Crippen LogP contribution in [0.3, 0.4) is 0 Å². The molecule has 2 unspecified atom stereocenters. The first-order chi connectivity index (χ1) is 7.50. The van der Waals surface area contributed by atoms with E-state index >= 15 is 0 Å². The normalized spacial score (nSPS) is 14.1. The van der Waals surface area contributed by atoms with Crippen molar-refractivity contribution in [3.63, 3.8) is 0 Å². The van der Waals surface area contributed by atoms with Gasteiger partial charge in [-0.05, 0) is 24.3 Å². The smallest absolute Gasteiger partial charge is 0.335 e. The van der Waals surface area contributed by atoms with Crippen molar-refractivity contribution in [1.82, 2.24) is 0 Å². The van der Waals surface area contributed by atoms with Gasteiger partial charge in [0.1, 0.15) is 13.3 Å². The molecule has 0 saturated carbocycles. The number of hydrogen-bond acceptors (Lipinski definition) is 2. The molecule has 1 aromatic carbocycles. The van der Waals surface area contributed by atoms with Gasteiger partial charge in [-0.25, -0.2) is 4.79 Å². The third-order valence-corrected chi connectivity index (χ3v) is 6.42. The Morgan fingerprint density at radius 1 is 1.56 bits per heavy atom. The zero-order valence-corrected chi connectivity index (χ0v) is 12.2. The van der Waals surface area contributed by atoms with Gasteiger partial charge in [0.05, 0.1) is 12.2 Å². The van der Waals surface area contributed by atoms with Gasteiger partial charge in [-0.1, -0.05) is 34.4 Å². The third-order valence-electron chi connectivity index (χ3n) is 2.20.